The van der Waals surface area contributed by atoms with Gasteiger partial charge in [-0.05, 0) is 47.0 Å². The molecule has 1 saturated heterocycles. The van der Waals surface area contributed by atoms with Gasteiger partial charge in [-0.2, -0.15) is 0 Å². The fourth-order valence-electron chi connectivity index (χ4n) is 4.70. The third-order valence-electron chi connectivity index (χ3n) is 6.56. The molecule has 2 aliphatic heterocycles. The fourth-order valence-corrected chi connectivity index (χ4v) is 5.75. The minimum absolute atomic E-state index is 0.0216. The van der Waals surface area contributed by atoms with E-state index in [0.717, 1.165) is 40.4 Å². The third-order valence-corrected chi connectivity index (χ3v) is 7.77. The first-order valence-electron chi connectivity index (χ1n) is 11.8. The Balaban J connectivity index is 1.41. The number of fused-ring (bicyclic) bond motifs is 1. The molecule has 0 aromatic heterocycles. The number of hydrogen-bond donors (Lipinski definition) is 5. The number of benzene rings is 3. The average Bonchev–Trinajstić information content (AvgIpc) is 3.53. The monoisotopic (exact) mass is 500 g/mol. The number of nitrogens with zero attached hydrogens (tertiary/aromatic N) is 1. The normalized spacial score (nSPS) is 18.6. The van der Waals surface area contributed by atoms with Crippen molar-refractivity contribution >= 4 is 40.8 Å². The predicted molar refractivity (Wildman–Crippen MR) is 144 cm³/mol. The van der Waals surface area contributed by atoms with E-state index >= 15 is 0 Å². The number of nitrogens with one attached hydrogen (secondary N) is 3. The predicted octanol–water partition coefficient (Wildman–Crippen LogP) is 2.97. The van der Waals surface area contributed by atoms with Crippen LogP contribution >= 0.6 is 11.8 Å². The number of carbonyl (C=O) groups is 2. The molecule has 36 heavy (non-hydrogen) atoms. The average molecular weight is 501 g/mol. The van der Waals surface area contributed by atoms with E-state index in [-0.39, 0.29) is 17.1 Å². The van der Waals surface area contributed by atoms with Gasteiger partial charge in [-0.15, -0.1) is 11.8 Å². The van der Waals surface area contributed by atoms with Crippen molar-refractivity contribution in [2.75, 3.05) is 22.5 Å². The van der Waals surface area contributed by atoms with Gasteiger partial charge in [-0.25, -0.2) is 0 Å². The molecular weight excluding hydrogens is 472 g/mol. The molecule has 3 aromatic rings. The molecule has 0 bridgehead atoms. The number of nitrogen functional groups attached to an aromatic ring is 1. The molecular formula is C27H28N6O2S. The van der Waals surface area contributed by atoms with Crippen LogP contribution in [0.5, 0.6) is 0 Å². The van der Waals surface area contributed by atoms with Gasteiger partial charge in [0.25, 0.3) is 0 Å². The Hall–Kier alpha value is -3.82. The van der Waals surface area contributed by atoms with Crippen LogP contribution in [-0.2, 0) is 17.8 Å². The third kappa shape index (κ3) is 4.93. The molecule has 2 heterocycles. The zero-order valence-electron chi connectivity index (χ0n) is 19.7. The lowest BCUT2D eigenvalue weighted by Crippen LogP contribution is -2.41. The van der Waals surface area contributed by atoms with Gasteiger partial charge in [0.2, 0.25) is 11.8 Å². The molecule has 2 unspecified atom stereocenters. The zero-order valence-corrected chi connectivity index (χ0v) is 20.5. The Labute approximate surface area is 213 Å². The number of amides is 2. The molecule has 8 nitrogen and oxygen atoms in total. The summed E-state index contributed by atoms with van der Waals surface area (Å²) in [4.78, 5) is 27.1. The first-order chi connectivity index (χ1) is 17.4. The Kier molecular flexibility index (Phi) is 6.67. The highest BCUT2D eigenvalue weighted by atomic mass is 32.2. The molecule has 1 fully saturated rings. The van der Waals surface area contributed by atoms with Crippen molar-refractivity contribution in [2.24, 2.45) is 11.5 Å². The number of rotatable bonds is 7. The molecule has 0 saturated carbocycles. The standard InChI is InChI=1S/C27H28N6O2S/c28-24(29)19-9-8-18-13-23(26(35)32-21-3-1-2-20(12-21)27-31-10-11-36-27)33(22(18)14-19)15-16-4-6-17(7-5-16)25(30)34/h1-9,12,14,23,27,31H,10-11,13,15H2,(H3,28,29)(H2,30,34)(H,32,35). The summed E-state index contributed by atoms with van der Waals surface area (Å²) >= 11 is 1.86. The molecule has 3 aromatic carbocycles. The molecule has 0 spiro atoms. The van der Waals surface area contributed by atoms with E-state index in [4.69, 9.17) is 16.9 Å². The summed E-state index contributed by atoms with van der Waals surface area (Å²) < 4.78 is 0. The lowest BCUT2D eigenvalue weighted by atomic mass is 10.1. The number of thioether (sulfide) groups is 1. The van der Waals surface area contributed by atoms with Gasteiger partial charge >= 0.3 is 0 Å². The summed E-state index contributed by atoms with van der Waals surface area (Å²) in [6.45, 7) is 1.43. The number of anilines is 2. The molecule has 2 amide bonds. The van der Waals surface area contributed by atoms with Crippen LogP contribution in [-0.4, -0.2) is 36.0 Å². The van der Waals surface area contributed by atoms with Crippen LogP contribution in [0.25, 0.3) is 0 Å². The van der Waals surface area contributed by atoms with Crippen LogP contribution in [0, 0.1) is 5.41 Å². The Morgan fingerprint density at radius 1 is 1.06 bits per heavy atom. The second-order valence-electron chi connectivity index (χ2n) is 8.99. The number of nitrogens with two attached hydrogens (primary N) is 2. The molecule has 9 heteroatoms. The minimum Gasteiger partial charge on any atom is -0.384 e. The molecule has 0 aliphatic carbocycles. The van der Waals surface area contributed by atoms with Crippen molar-refractivity contribution in [1.29, 1.82) is 5.41 Å². The van der Waals surface area contributed by atoms with Crippen molar-refractivity contribution in [3.63, 3.8) is 0 Å². The van der Waals surface area contributed by atoms with E-state index in [2.05, 4.69) is 16.7 Å². The summed E-state index contributed by atoms with van der Waals surface area (Å²) in [6, 6.07) is 20.2. The Morgan fingerprint density at radius 3 is 2.53 bits per heavy atom. The first-order valence-corrected chi connectivity index (χ1v) is 12.8. The highest BCUT2D eigenvalue weighted by molar-refractivity contribution is 7.99. The van der Waals surface area contributed by atoms with Gasteiger partial charge in [0.1, 0.15) is 11.9 Å². The maximum absolute atomic E-state index is 13.6. The maximum atomic E-state index is 13.6. The quantitative estimate of drug-likeness (QED) is 0.250. The number of primary amides is 1. The van der Waals surface area contributed by atoms with Gasteiger partial charge < -0.3 is 27.0 Å². The van der Waals surface area contributed by atoms with Crippen molar-refractivity contribution in [1.82, 2.24) is 5.32 Å². The molecule has 7 N–H and O–H groups in total. The fraction of sp³-hybridized carbons (Fsp3) is 0.222. The van der Waals surface area contributed by atoms with Crippen molar-refractivity contribution < 1.29 is 9.59 Å². The summed E-state index contributed by atoms with van der Waals surface area (Å²) in [5.74, 6) is 0.462. The van der Waals surface area contributed by atoms with Gasteiger partial charge in [-0.1, -0.05) is 36.4 Å². The van der Waals surface area contributed by atoms with Crippen molar-refractivity contribution in [2.45, 2.75) is 24.4 Å². The van der Waals surface area contributed by atoms with E-state index in [9.17, 15) is 9.59 Å². The van der Waals surface area contributed by atoms with Crippen LogP contribution in [0.1, 0.15) is 38.0 Å². The Bertz CT molecular complexity index is 1320. The summed E-state index contributed by atoms with van der Waals surface area (Å²) in [6.07, 6.45) is 0.540. The van der Waals surface area contributed by atoms with Crippen LogP contribution in [0.2, 0.25) is 0 Å². The molecule has 0 radical (unpaired) electrons. The number of hydrogen-bond acceptors (Lipinski definition) is 6. The first kappa shape index (κ1) is 23.9. The molecule has 2 aliphatic rings. The topological polar surface area (TPSA) is 137 Å². The molecule has 5 rings (SSSR count). The molecule has 2 atom stereocenters. The number of carbonyl (C=O) groups excluding carboxylic acids is 2. The molecule has 184 valence electrons. The van der Waals surface area contributed by atoms with Crippen LogP contribution in [0.15, 0.2) is 66.7 Å². The van der Waals surface area contributed by atoms with E-state index in [1.807, 2.05) is 65.2 Å². The van der Waals surface area contributed by atoms with E-state index in [1.54, 1.807) is 12.1 Å². The summed E-state index contributed by atoms with van der Waals surface area (Å²) in [5.41, 5.74) is 16.9. The lowest BCUT2D eigenvalue weighted by molar-refractivity contribution is -0.117. The van der Waals surface area contributed by atoms with Crippen molar-refractivity contribution in [3.05, 3.63) is 94.5 Å². The Morgan fingerprint density at radius 2 is 1.83 bits per heavy atom. The highest BCUT2D eigenvalue weighted by Crippen LogP contribution is 2.36. The van der Waals surface area contributed by atoms with Crippen LogP contribution in [0.4, 0.5) is 11.4 Å². The largest absolute Gasteiger partial charge is 0.384 e. The summed E-state index contributed by atoms with van der Waals surface area (Å²) in [7, 11) is 0. The number of amidine groups is 1. The lowest BCUT2D eigenvalue weighted by Gasteiger charge is -2.27. The smallest absolute Gasteiger partial charge is 0.248 e. The maximum Gasteiger partial charge on any atom is 0.248 e. The van der Waals surface area contributed by atoms with Crippen LogP contribution in [0.3, 0.4) is 0 Å². The van der Waals surface area contributed by atoms with E-state index in [0.29, 0.717) is 24.1 Å². The van der Waals surface area contributed by atoms with Gasteiger partial charge in [0.05, 0.1) is 5.37 Å². The second kappa shape index (κ2) is 10.0. The SMILES string of the molecule is N=C(N)c1ccc2c(c1)N(Cc1ccc(C(N)=O)cc1)C(C(=O)Nc1cccc(C3NCCS3)c1)C2. The highest BCUT2D eigenvalue weighted by Gasteiger charge is 2.35. The van der Waals surface area contributed by atoms with Crippen molar-refractivity contribution in [3.8, 4) is 0 Å². The van der Waals surface area contributed by atoms with Gasteiger partial charge in [-0.3, -0.25) is 15.0 Å². The second-order valence-corrected chi connectivity index (χ2v) is 10.2. The summed E-state index contributed by atoms with van der Waals surface area (Å²) in [5, 5.41) is 14.7. The van der Waals surface area contributed by atoms with Gasteiger partial charge in [0.15, 0.2) is 0 Å². The van der Waals surface area contributed by atoms with Crippen LogP contribution < -0.4 is 27.0 Å². The minimum atomic E-state index is -0.482. The van der Waals surface area contributed by atoms with Gasteiger partial charge in [0, 0.05) is 47.8 Å². The zero-order chi connectivity index (χ0) is 25.2. The van der Waals surface area contributed by atoms with E-state index in [1.165, 1.54) is 0 Å². The van der Waals surface area contributed by atoms with E-state index < -0.39 is 11.9 Å².